The molecular weight excluding hydrogens is 234 g/mol. The van der Waals surface area contributed by atoms with E-state index in [1.807, 2.05) is 18.2 Å². The molecule has 0 aliphatic rings. The molecule has 0 saturated carbocycles. The third kappa shape index (κ3) is 2.65. The van der Waals surface area contributed by atoms with Crippen LogP contribution in [0.15, 0.2) is 35.5 Å². The predicted octanol–water partition coefficient (Wildman–Crippen LogP) is 1.98. The summed E-state index contributed by atoms with van der Waals surface area (Å²) in [5.41, 5.74) is 7.29. The lowest BCUT2D eigenvalue weighted by atomic mass is 9.96. The standard InChI is InChI=1S/C12H13N3O3/c1-2-3-9(7-17-12(13)16)8-4-5-10-11(6-8)15-18-14-10/h2,4-6,9H,1,3,7H2,(H2,13,16). The maximum atomic E-state index is 10.6. The van der Waals surface area contributed by atoms with Gasteiger partial charge in [0.05, 0.1) is 0 Å². The summed E-state index contributed by atoms with van der Waals surface area (Å²) >= 11 is 0. The van der Waals surface area contributed by atoms with Crippen LogP contribution in [0.25, 0.3) is 11.0 Å². The minimum Gasteiger partial charge on any atom is -0.449 e. The van der Waals surface area contributed by atoms with E-state index in [0.717, 1.165) is 5.56 Å². The molecular formula is C12H13N3O3. The van der Waals surface area contributed by atoms with Crippen LogP contribution in [-0.2, 0) is 4.74 Å². The lowest BCUT2D eigenvalue weighted by Crippen LogP contribution is -2.17. The van der Waals surface area contributed by atoms with Gasteiger partial charge in [-0.3, -0.25) is 0 Å². The van der Waals surface area contributed by atoms with Gasteiger partial charge in [0.2, 0.25) is 0 Å². The number of nitrogens with zero attached hydrogens (tertiary/aromatic N) is 2. The molecule has 1 unspecified atom stereocenters. The number of benzene rings is 1. The van der Waals surface area contributed by atoms with E-state index in [1.54, 1.807) is 6.08 Å². The van der Waals surface area contributed by atoms with Crippen molar-refractivity contribution in [3.05, 3.63) is 36.4 Å². The number of carbonyl (C=O) groups is 1. The molecule has 0 spiro atoms. The fourth-order valence-corrected chi connectivity index (χ4v) is 1.74. The number of primary amides is 1. The Hall–Kier alpha value is -2.37. The van der Waals surface area contributed by atoms with Gasteiger partial charge in [0.1, 0.15) is 17.6 Å². The lowest BCUT2D eigenvalue weighted by Gasteiger charge is -2.14. The highest BCUT2D eigenvalue weighted by Crippen LogP contribution is 2.23. The van der Waals surface area contributed by atoms with Crippen molar-refractivity contribution in [2.45, 2.75) is 12.3 Å². The van der Waals surface area contributed by atoms with Crippen LogP contribution in [0.4, 0.5) is 4.79 Å². The van der Waals surface area contributed by atoms with Crippen molar-refractivity contribution in [3.63, 3.8) is 0 Å². The van der Waals surface area contributed by atoms with Crippen molar-refractivity contribution in [1.82, 2.24) is 10.3 Å². The minimum absolute atomic E-state index is 0.00361. The minimum atomic E-state index is -0.784. The molecule has 0 radical (unpaired) electrons. The summed E-state index contributed by atoms with van der Waals surface area (Å²) in [6.45, 7) is 3.89. The summed E-state index contributed by atoms with van der Waals surface area (Å²) in [5.74, 6) is -0.00361. The van der Waals surface area contributed by atoms with E-state index in [2.05, 4.69) is 21.5 Å². The van der Waals surface area contributed by atoms with Crippen LogP contribution >= 0.6 is 0 Å². The van der Waals surface area contributed by atoms with Crippen molar-refractivity contribution in [1.29, 1.82) is 0 Å². The lowest BCUT2D eigenvalue weighted by molar-refractivity contribution is 0.149. The van der Waals surface area contributed by atoms with E-state index in [-0.39, 0.29) is 12.5 Å². The van der Waals surface area contributed by atoms with Gasteiger partial charge in [0, 0.05) is 5.92 Å². The molecule has 0 bridgehead atoms. The fourth-order valence-electron chi connectivity index (χ4n) is 1.74. The quantitative estimate of drug-likeness (QED) is 0.815. The normalized spacial score (nSPS) is 12.2. The van der Waals surface area contributed by atoms with Crippen LogP contribution in [0.5, 0.6) is 0 Å². The Labute approximate surface area is 103 Å². The van der Waals surface area contributed by atoms with Crippen molar-refractivity contribution in [3.8, 4) is 0 Å². The Kier molecular flexibility index (Phi) is 3.57. The first-order valence-electron chi connectivity index (χ1n) is 5.46. The molecule has 1 aromatic carbocycles. The summed E-state index contributed by atoms with van der Waals surface area (Å²) in [5, 5.41) is 7.50. The first-order valence-corrected chi connectivity index (χ1v) is 5.46. The van der Waals surface area contributed by atoms with Crippen LogP contribution < -0.4 is 5.73 Å². The number of nitrogens with two attached hydrogens (primary N) is 1. The maximum Gasteiger partial charge on any atom is 0.404 e. The molecule has 6 heteroatoms. The number of hydrogen-bond acceptors (Lipinski definition) is 5. The molecule has 1 aromatic heterocycles. The molecule has 1 atom stereocenters. The average molecular weight is 247 g/mol. The van der Waals surface area contributed by atoms with Crippen LogP contribution in [0.2, 0.25) is 0 Å². The Bertz CT molecular complexity index is 564. The zero-order valence-corrected chi connectivity index (χ0v) is 9.70. The Balaban J connectivity index is 2.22. The third-order valence-corrected chi connectivity index (χ3v) is 2.63. The SMILES string of the molecule is C=CCC(COC(N)=O)c1ccc2nonc2c1. The van der Waals surface area contributed by atoms with Gasteiger partial charge in [0.25, 0.3) is 0 Å². The Morgan fingerprint density at radius 3 is 3.00 bits per heavy atom. The molecule has 6 nitrogen and oxygen atoms in total. The molecule has 0 aliphatic carbocycles. The molecule has 0 saturated heterocycles. The Morgan fingerprint density at radius 1 is 1.50 bits per heavy atom. The molecule has 2 rings (SSSR count). The van der Waals surface area contributed by atoms with Gasteiger partial charge in [0.15, 0.2) is 0 Å². The number of aromatic nitrogens is 2. The van der Waals surface area contributed by atoms with Crippen LogP contribution in [0.3, 0.4) is 0 Å². The first-order chi connectivity index (χ1) is 8.70. The van der Waals surface area contributed by atoms with Gasteiger partial charge in [-0.15, -0.1) is 6.58 Å². The van der Waals surface area contributed by atoms with Gasteiger partial charge in [-0.05, 0) is 34.4 Å². The van der Waals surface area contributed by atoms with E-state index in [4.69, 9.17) is 10.5 Å². The molecule has 0 fully saturated rings. The molecule has 0 aliphatic heterocycles. The monoisotopic (exact) mass is 247 g/mol. The highest BCUT2D eigenvalue weighted by atomic mass is 16.6. The highest BCUT2D eigenvalue weighted by Gasteiger charge is 2.13. The van der Waals surface area contributed by atoms with E-state index < -0.39 is 6.09 Å². The smallest absolute Gasteiger partial charge is 0.404 e. The molecule has 2 aromatic rings. The molecule has 94 valence electrons. The average Bonchev–Trinajstić information content (AvgIpc) is 2.81. The molecule has 1 amide bonds. The fraction of sp³-hybridized carbons (Fsp3) is 0.250. The predicted molar refractivity (Wildman–Crippen MR) is 64.9 cm³/mol. The van der Waals surface area contributed by atoms with E-state index >= 15 is 0 Å². The number of carbonyl (C=O) groups excluding carboxylic acids is 1. The summed E-state index contributed by atoms with van der Waals surface area (Å²) < 4.78 is 9.47. The van der Waals surface area contributed by atoms with Crippen LogP contribution in [0.1, 0.15) is 17.9 Å². The van der Waals surface area contributed by atoms with Gasteiger partial charge >= 0.3 is 6.09 Å². The second-order valence-corrected chi connectivity index (χ2v) is 3.86. The molecule has 18 heavy (non-hydrogen) atoms. The number of fused-ring (bicyclic) bond motifs is 1. The Morgan fingerprint density at radius 2 is 2.28 bits per heavy atom. The van der Waals surface area contributed by atoms with Gasteiger partial charge in [-0.2, -0.15) is 0 Å². The van der Waals surface area contributed by atoms with E-state index in [0.29, 0.717) is 17.5 Å². The first kappa shape index (κ1) is 12.1. The highest BCUT2D eigenvalue weighted by molar-refractivity contribution is 5.73. The third-order valence-electron chi connectivity index (χ3n) is 2.63. The van der Waals surface area contributed by atoms with E-state index in [1.165, 1.54) is 0 Å². The second-order valence-electron chi connectivity index (χ2n) is 3.86. The topological polar surface area (TPSA) is 91.2 Å². The summed E-state index contributed by atoms with van der Waals surface area (Å²) in [7, 11) is 0. The van der Waals surface area contributed by atoms with Crippen LogP contribution in [0, 0.1) is 0 Å². The van der Waals surface area contributed by atoms with Crippen molar-refractivity contribution in [2.75, 3.05) is 6.61 Å². The molecule has 2 N–H and O–H groups in total. The van der Waals surface area contributed by atoms with Crippen molar-refractivity contribution >= 4 is 17.1 Å². The number of hydrogen-bond donors (Lipinski definition) is 1. The van der Waals surface area contributed by atoms with Gasteiger partial charge in [-0.25, -0.2) is 9.42 Å². The largest absolute Gasteiger partial charge is 0.449 e. The summed E-state index contributed by atoms with van der Waals surface area (Å²) in [6, 6.07) is 5.55. The van der Waals surface area contributed by atoms with Crippen LogP contribution in [-0.4, -0.2) is 23.0 Å². The summed E-state index contributed by atoms with van der Waals surface area (Å²) in [4.78, 5) is 10.6. The van der Waals surface area contributed by atoms with Gasteiger partial charge in [-0.1, -0.05) is 12.1 Å². The zero-order valence-electron chi connectivity index (χ0n) is 9.70. The summed E-state index contributed by atoms with van der Waals surface area (Å²) in [6.07, 6.45) is 1.65. The van der Waals surface area contributed by atoms with E-state index in [9.17, 15) is 4.79 Å². The number of rotatable bonds is 5. The maximum absolute atomic E-state index is 10.6. The molecule has 1 heterocycles. The van der Waals surface area contributed by atoms with Gasteiger partial charge < -0.3 is 10.5 Å². The van der Waals surface area contributed by atoms with Crippen molar-refractivity contribution in [2.24, 2.45) is 5.73 Å². The zero-order chi connectivity index (χ0) is 13.0. The number of ether oxygens (including phenoxy) is 1. The number of allylic oxidation sites excluding steroid dienone is 1. The van der Waals surface area contributed by atoms with Crippen molar-refractivity contribution < 1.29 is 14.2 Å². The second kappa shape index (κ2) is 5.31. The number of amides is 1.